The van der Waals surface area contributed by atoms with Gasteiger partial charge in [-0.15, -0.1) is 10.2 Å². The van der Waals surface area contributed by atoms with E-state index in [0.717, 1.165) is 0 Å². The van der Waals surface area contributed by atoms with Crippen LogP contribution in [0.15, 0.2) is 24.3 Å². The molecule has 0 radical (unpaired) electrons. The van der Waals surface area contributed by atoms with E-state index >= 15 is 0 Å². The Morgan fingerprint density at radius 1 is 1.35 bits per heavy atom. The van der Waals surface area contributed by atoms with Gasteiger partial charge in [0.2, 0.25) is 10.1 Å². The SMILES string of the molecule is O=[N+]([O-])c1cccc(CNc2nnc(C(F)(F)F)s2)c1. The number of nitrogens with one attached hydrogen (secondary N) is 1. The number of nitro benzene ring substituents is 1. The van der Waals surface area contributed by atoms with Crippen LogP contribution < -0.4 is 5.32 Å². The molecule has 0 aliphatic rings. The van der Waals surface area contributed by atoms with Crippen molar-refractivity contribution in [2.45, 2.75) is 12.7 Å². The van der Waals surface area contributed by atoms with E-state index < -0.39 is 16.1 Å². The maximum Gasteiger partial charge on any atom is 0.445 e. The Hall–Kier alpha value is -2.23. The Kier molecular flexibility index (Phi) is 3.84. The Morgan fingerprint density at radius 2 is 2.10 bits per heavy atom. The first-order valence-corrected chi connectivity index (χ1v) is 6.06. The molecule has 0 spiro atoms. The molecule has 0 aliphatic heterocycles. The smallest absolute Gasteiger partial charge is 0.356 e. The molecule has 0 atom stereocenters. The zero-order chi connectivity index (χ0) is 14.8. The molecule has 1 aromatic carbocycles. The van der Waals surface area contributed by atoms with Gasteiger partial charge in [0.05, 0.1) is 4.92 Å². The van der Waals surface area contributed by atoms with Crippen molar-refractivity contribution in [1.82, 2.24) is 10.2 Å². The van der Waals surface area contributed by atoms with Crippen LogP contribution in [0.5, 0.6) is 0 Å². The van der Waals surface area contributed by atoms with Gasteiger partial charge in [0.25, 0.3) is 5.69 Å². The molecule has 0 saturated carbocycles. The fourth-order valence-electron chi connectivity index (χ4n) is 1.37. The van der Waals surface area contributed by atoms with E-state index in [0.29, 0.717) is 16.9 Å². The van der Waals surface area contributed by atoms with Crippen molar-refractivity contribution in [2.24, 2.45) is 0 Å². The number of nitro groups is 1. The van der Waals surface area contributed by atoms with E-state index in [1.165, 1.54) is 18.2 Å². The lowest BCUT2D eigenvalue weighted by Gasteiger charge is -2.02. The highest BCUT2D eigenvalue weighted by Crippen LogP contribution is 2.33. The second-order valence-electron chi connectivity index (χ2n) is 3.69. The Morgan fingerprint density at radius 3 is 2.70 bits per heavy atom. The maximum absolute atomic E-state index is 12.3. The average molecular weight is 304 g/mol. The predicted octanol–water partition coefficient (Wildman–Crippen LogP) is 3.08. The number of hydrogen-bond donors (Lipinski definition) is 1. The summed E-state index contributed by atoms with van der Waals surface area (Å²) in [5.74, 6) is 0. The number of alkyl halides is 3. The van der Waals surface area contributed by atoms with Crippen LogP contribution >= 0.6 is 11.3 Å². The molecule has 1 heterocycles. The van der Waals surface area contributed by atoms with Crippen LogP contribution in [0.4, 0.5) is 24.0 Å². The van der Waals surface area contributed by atoms with Gasteiger partial charge in [0, 0.05) is 18.7 Å². The summed E-state index contributed by atoms with van der Waals surface area (Å²) in [5.41, 5.74) is 0.473. The number of halogens is 3. The molecular weight excluding hydrogens is 297 g/mol. The van der Waals surface area contributed by atoms with Crippen molar-refractivity contribution < 1.29 is 18.1 Å². The van der Waals surface area contributed by atoms with E-state index in [2.05, 4.69) is 15.5 Å². The van der Waals surface area contributed by atoms with E-state index in [1.54, 1.807) is 6.07 Å². The number of nitrogens with zero attached hydrogens (tertiary/aromatic N) is 3. The van der Waals surface area contributed by atoms with Crippen molar-refractivity contribution in [3.63, 3.8) is 0 Å². The lowest BCUT2D eigenvalue weighted by atomic mass is 10.2. The summed E-state index contributed by atoms with van der Waals surface area (Å²) < 4.78 is 36.9. The average Bonchev–Trinajstić information content (AvgIpc) is 2.85. The molecule has 106 valence electrons. The number of anilines is 1. The van der Waals surface area contributed by atoms with Crippen molar-refractivity contribution in [3.05, 3.63) is 45.0 Å². The van der Waals surface area contributed by atoms with E-state index in [-0.39, 0.29) is 17.4 Å². The summed E-state index contributed by atoms with van der Waals surface area (Å²) >= 11 is 0.377. The molecule has 2 aromatic rings. The normalized spacial score (nSPS) is 11.3. The minimum atomic E-state index is -4.52. The molecule has 0 unspecified atom stereocenters. The third-order valence-electron chi connectivity index (χ3n) is 2.23. The van der Waals surface area contributed by atoms with Crippen LogP contribution in [0.3, 0.4) is 0 Å². The molecule has 1 aromatic heterocycles. The van der Waals surface area contributed by atoms with Gasteiger partial charge in [-0.25, -0.2) is 0 Å². The summed E-state index contributed by atoms with van der Waals surface area (Å²) in [6.45, 7) is 0.119. The van der Waals surface area contributed by atoms with Gasteiger partial charge in [0.15, 0.2) is 0 Å². The van der Waals surface area contributed by atoms with Crippen molar-refractivity contribution in [2.75, 3.05) is 5.32 Å². The van der Waals surface area contributed by atoms with E-state index in [1.807, 2.05) is 0 Å². The molecule has 1 N–H and O–H groups in total. The van der Waals surface area contributed by atoms with E-state index in [9.17, 15) is 23.3 Å². The number of non-ortho nitro benzene ring substituents is 1. The molecule has 6 nitrogen and oxygen atoms in total. The van der Waals surface area contributed by atoms with Crippen LogP contribution in [0, 0.1) is 10.1 Å². The molecule has 0 fully saturated rings. The monoisotopic (exact) mass is 304 g/mol. The maximum atomic E-state index is 12.3. The molecule has 10 heteroatoms. The molecule has 0 saturated heterocycles. The predicted molar refractivity (Wildman–Crippen MR) is 65.3 cm³/mol. The minimum Gasteiger partial charge on any atom is -0.356 e. The highest BCUT2D eigenvalue weighted by atomic mass is 32.1. The van der Waals surface area contributed by atoms with Crippen molar-refractivity contribution in [1.29, 1.82) is 0 Å². The van der Waals surface area contributed by atoms with E-state index in [4.69, 9.17) is 0 Å². The molecule has 0 amide bonds. The molecule has 20 heavy (non-hydrogen) atoms. The van der Waals surface area contributed by atoms with Gasteiger partial charge in [-0.3, -0.25) is 10.1 Å². The third-order valence-corrected chi connectivity index (χ3v) is 3.16. The first-order valence-electron chi connectivity index (χ1n) is 5.24. The van der Waals surface area contributed by atoms with Gasteiger partial charge >= 0.3 is 6.18 Å². The summed E-state index contributed by atoms with van der Waals surface area (Å²) in [6, 6.07) is 5.77. The lowest BCUT2D eigenvalue weighted by Crippen LogP contribution is -2.03. The molecule has 0 bridgehead atoms. The zero-order valence-corrected chi connectivity index (χ0v) is 10.5. The van der Waals surface area contributed by atoms with Crippen molar-refractivity contribution >= 4 is 22.2 Å². The quantitative estimate of drug-likeness (QED) is 0.693. The zero-order valence-electron chi connectivity index (χ0n) is 9.72. The second kappa shape index (κ2) is 5.41. The highest BCUT2D eigenvalue weighted by Gasteiger charge is 2.35. The van der Waals surface area contributed by atoms with Gasteiger partial charge in [-0.2, -0.15) is 13.2 Å². The summed E-state index contributed by atoms with van der Waals surface area (Å²) in [6.07, 6.45) is -4.52. The van der Waals surface area contributed by atoms with Gasteiger partial charge in [-0.1, -0.05) is 23.5 Å². The topological polar surface area (TPSA) is 81.0 Å². The van der Waals surface area contributed by atoms with Crippen LogP contribution in [0.25, 0.3) is 0 Å². The van der Waals surface area contributed by atoms with Crippen LogP contribution in [-0.2, 0) is 12.7 Å². The minimum absolute atomic E-state index is 0.00355. The fourth-order valence-corrected chi connectivity index (χ4v) is 1.97. The Balaban J connectivity index is 2.04. The first-order chi connectivity index (χ1) is 9.36. The van der Waals surface area contributed by atoms with Crippen LogP contribution in [0.2, 0.25) is 0 Å². The molecular formula is C10H7F3N4O2S. The van der Waals surface area contributed by atoms with Gasteiger partial charge < -0.3 is 5.32 Å². The summed E-state index contributed by atoms with van der Waals surface area (Å²) in [4.78, 5) is 10.0. The number of hydrogen-bond acceptors (Lipinski definition) is 6. The molecule has 0 aliphatic carbocycles. The number of aromatic nitrogens is 2. The highest BCUT2D eigenvalue weighted by molar-refractivity contribution is 7.15. The first kappa shape index (κ1) is 14.2. The van der Waals surface area contributed by atoms with Crippen LogP contribution in [-0.4, -0.2) is 15.1 Å². The number of benzene rings is 1. The largest absolute Gasteiger partial charge is 0.445 e. The molecule has 2 rings (SSSR count). The summed E-state index contributed by atoms with van der Waals surface area (Å²) in [5, 5.41) is 18.6. The fraction of sp³-hybridized carbons (Fsp3) is 0.200. The number of rotatable bonds is 4. The van der Waals surface area contributed by atoms with Gasteiger partial charge in [-0.05, 0) is 5.56 Å². The van der Waals surface area contributed by atoms with Crippen molar-refractivity contribution in [3.8, 4) is 0 Å². The second-order valence-corrected chi connectivity index (χ2v) is 4.67. The van der Waals surface area contributed by atoms with Crippen LogP contribution in [0.1, 0.15) is 10.6 Å². The Labute approximate surface area is 114 Å². The summed E-state index contributed by atoms with van der Waals surface area (Å²) in [7, 11) is 0. The lowest BCUT2D eigenvalue weighted by molar-refractivity contribution is -0.384. The standard InChI is InChI=1S/C10H7F3N4O2S/c11-10(12,13)8-15-16-9(20-8)14-5-6-2-1-3-7(4-6)17(18)19/h1-4H,5H2,(H,14,16). The Bertz CT molecular complexity index is 629. The third kappa shape index (κ3) is 3.41. The van der Waals surface area contributed by atoms with Gasteiger partial charge in [0.1, 0.15) is 0 Å².